The number of hydrogen-bond acceptors (Lipinski definition) is 4. The molecule has 0 aliphatic heterocycles. The summed E-state index contributed by atoms with van der Waals surface area (Å²) in [6.07, 6.45) is 0. The van der Waals surface area contributed by atoms with Crippen LogP contribution in [0, 0.1) is 13.8 Å². The molecule has 4 aromatic carbocycles. The van der Waals surface area contributed by atoms with Crippen molar-refractivity contribution in [3.05, 3.63) is 95.1 Å². The van der Waals surface area contributed by atoms with Crippen LogP contribution in [0.2, 0.25) is 0 Å². The number of carbonyl (C=O) groups is 1. The number of carboxylic acid groups (broad SMARTS) is 1. The van der Waals surface area contributed by atoms with Crippen molar-refractivity contribution < 1.29 is 19.4 Å². The molecule has 0 amide bonds. The fourth-order valence-electron chi connectivity index (χ4n) is 4.36. The van der Waals surface area contributed by atoms with Crippen LogP contribution in [0.5, 0.6) is 11.5 Å². The number of ether oxygens (including phenoxy) is 2. The summed E-state index contributed by atoms with van der Waals surface area (Å²) in [5, 5.41) is 15.6. The van der Waals surface area contributed by atoms with Gasteiger partial charge in [0.15, 0.2) is 0 Å². The highest BCUT2D eigenvalue weighted by atomic mass is 16.5. The molecule has 0 aliphatic carbocycles. The first-order chi connectivity index (χ1) is 16.9. The highest BCUT2D eigenvalue weighted by molar-refractivity contribution is 5.90. The van der Waals surface area contributed by atoms with Crippen LogP contribution in [0.3, 0.4) is 0 Å². The molecule has 0 bridgehead atoms. The number of aryl methyl sites for hydroxylation is 1. The number of rotatable bonds is 9. The quantitative estimate of drug-likeness (QED) is 0.272. The molecule has 0 fully saturated rings. The van der Waals surface area contributed by atoms with E-state index >= 15 is 0 Å². The Kier molecular flexibility index (Phi) is 7.37. The van der Waals surface area contributed by atoms with E-state index in [0.717, 1.165) is 28.0 Å². The van der Waals surface area contributed by atoms with Crippen LogP contribution in [0.15, 0.2) is 72.8 Å². The van der Waals surface area contributed by atoms with Gasteiger partial charge in [0, 0.05) is 12.6 Å². The van der Waals surface area contributed by atoms with Crippen molar-refractivity contribution in [2.75, 3.05) is 20.3 Å². The minimum absolute atomic E-state index is 0.147. The molecule has 0 spiro atoms. The summed E-state index contributed by atoms with van der Waals surface area (Å²) in [5.74, 6) is 0.307. The summed E-state index contributed by atoms with van der Waals surface area (Å²) >= 11 is 0. The van der Waals surface area contributed by atoms with Gasteiger partial charge in [-0.25, -0.2) is 4.79 Å². The standard InChI is InChI=1S/C30H31NO4/c1-19-14-23(18-29(34-4)20(19)2)24-15-25(30(32)33)17-26(16-24)35-13-12-31-21(3)27-11-7-9-22-8-5-6-10-28(22)27/h5-11,14-18,21,31H,12-13H2,1-4H3,(H,32,33). The van der Waals surface area contributed by atoms with Crippen molar-refractivity contribution in [2.45, 2.75) is 26.8 Å². The Morgan fingerprint density at radius 3 is 2.49 bits per heavy atom. The second kappa shape index (κ2) is 10.6. The molecule has 35 heavy (non-hydrogen) atoms. The molecule has 4 aromatic rings. The van der Waals surface area contributed by atoms with Crippen molar-refractivity contribution >= 4 is 16.7 Å². The lowest BCUT2D eigenvalue weighted by Gasteiger charge is -2.17. The maximum atomic E-state index is 11.8. The maximum Gasteiger partial charge on any atom is 0.335 e. The average molecular weight is 470 g/mol. The third-order valence-electron chi connectivity index (χ3n) is 6.44. The van der Waals surface area contributed by atoms with Crippen LogP contribution in [0.4, 0.5) is 0 Å². The molecular weight excluding hydrogens is 438 g/mol. The molecule has 180 valence electrons. The van der Waals surface area contributed by atoms with Crippen LogP contribution in [0.25, 0.3) is 21.9 Å². The van der Waals surface area contributed by atoms with E-state index in [0.29, 0.717) is 18.9 Å². The summed E-state index contributed by atoms with van der Waals surface area (Å²) in [7, 11) is 1.64. The van der Waals surface area contributed by atoms with E-state index in [-0.39, 0.29) is 11.6 Å². The zero-order chi connectivity index (χ0) is 24.9. The van der Waals surface area contributed by atoms with Crippen LogP contribution in [-0.4, -0.2) is 31.3 Å². The highest BCUT2D eigenvalue weighted by Crippen LogP contribution is 2.32. The van der Waals surface area contributed by atoms with Gasteiger partial charge in [-0.1, -0.05) is 48.5 Å². The lowest BCUT2D eigenvalue weighted by atomic mass is 9.98. The number of hydrogen-bond donors (Lipinski definition) is 2. The van der Waals surface area contributed by atoms with E-state index in [1.54, 1.807) is 19.2 Å². The molecule has 0 saturated heterocycles. The molecule has 1 unspecified atom stereocenters. The zero-order valence-electron chi connectivity index (χ0n) is 20.6. The molecular formula is C30H31NO4. The van der Waals surface area contributed by atoms with Gasteiger partial charge in [-0.2, -0.15) is 0 Å². The SMILES string of the molecule is COc1cc(-c2cc(OCCNC(C)c3cccc4ccccc34)cc(C(=O)O)c2)cc(C)c1C. The number of nitrogens with one attached hydrogen (secondary N) is 1. The summed E-state index contributed by atoms with van der Waals surface area (Å²) in [4.78, 5) is 11.8. The number of aromatic carboxylic acids is 1. The third kappa shape index (κ3) is 5.47. The summed E-state index contributed by atoms with van der Waals surface area (Å²) < 4.78 is 11.5. The topological polar surface area (TPSA) is 67.8 Å². The number of fused-ring (bicyclic) bond motifs is 1. The second-order valence-corrected chi connectivity index (χ2v) is 8.76. The number of benzene rings is 4. The van der Waals surface area contributed by atoms with Gasteiger partial charge in [0.2, 0.25) is 0 Å². The largest absolute Gasteiger partial charge is 0.496 e. The molecule has 5 nitrogen and oxygen atoms in total. The summed E-state index contributed by atoms with van der Waals surface area (Å²) in [6.45, 7) is 7.19. The van der Waals surface area contributed by atoms with Crippen molar-refractivity contribution in [1.29, 1.82) is 0 Å². The molecule has 0 aromatic heterocycles. The minimum Gasteiger partial charge on any atom is -0.496 e. The van der Waals surface area contributed by atoms with Gasteiger partial charge in [-0.15, -0.1) is 0 Å². The first-order valence-corrected chi connectivity index (χ1v) is 11.7. The average Bonchev–Trinajstić information content (AvgIpc) is 2.87. The molecule has 2 N–H and O–H groups in total. The van der Waals surface area contributed by atoms with Crippen molar-refractivity contribution in [3.8, 4) is 22.6 Å². The van der Waals surface area contributed by atoms with E-state index in [4.69, 9.17) is 9.47 Å². The predicted molar refractivity (Wildman–Crippen MR) is 141 cm³/mol. The fourth-order valence-corrected chi connectivity index (χ4v) is 4.36. The predicted octanol–water partition coefficient (Wildman–Crippen LogP) is 6.56. The lowest BCUT2D eigenvalue weighted by molar-refractivity contribution is 0.0696. The van der Waals surface area contributed by atoms with Crippen LogP contribution in [-0.2, 0) is 0 Å². The molecule has 0 radical (unpaired) electrons. The molecule has 0 saturated carbocycles. The van der Waals surface area contributed by atoms with Gasteiger partial charge in [0.05, 0.1) is 12.7 Å². The lowest BCUT2D eigenvalue weighted by Crippen LogP contribution is -2.24. The minimum atomic E-state index is -0.991. The molecule has 5 heteroatoms. The van der Waals surface area contributed by atoms with Crippen molar-refractivity contribution in [3.63, 3.8) is 0 Å². The van der Waals surface area contributed by atoms with E-state index in [1.807, 2.05) is 38.1 Å². The third-order valence-corrected chi connectivity index (χ3v) is 6.44. The van der Waals surface area contributed by atoms with E-state index in [1.165, 1.54) is 16.3 Å². The van der Waals surface area contributed by atoms with Crippen LogP contribution < -0.4 is 14.8 Å². The summed E-state index contributed by atoms with van der Waals surface area (Å²) in [6, 6.07) is 23.9. The van der Waals surface area contributed by atoms with Gasteiger partial charge >= 0.3 is 5.97 Å². The molecule has 4 rings (SSSR count). The first-order valence-electron chi connectivity index (χ1n) is 11.7. The van der Waals surface area contributed by atoms with Crippen molar-refractivity contribution in [2.24, 2.45) is 0 Å². The van der Waals surface area contributed by atoms with E-state index in [2.05, 4.69) is 48.6 Å². The van der Waals surface area contributed by atoms with Gasteiger partial charge in [-0.3, -0.25) is 0 Å². The Morgan fingerprint density at radius 2 is 1.71 bits per heavy atom. The monoisotopic (exact) mass is 469 g/mol. The number of carboxylic acids is 1. The zero-order valence-corrected chi connectivity index (χ0v) is 20.6. The summed E-state index contributed by atoms with van der Waals surface area (Å²) in [5.41, 5.74) is 5.23. The van der Waals surface area contributed by atoms with Crippen LogP contribution >= 0.6 is 0 Å². The van der Waals surface area contributed by atoms with Crippen LogP contribution in [0.1, 0.15) is 40.0 Å². The Bertz CT molecular complexity index is 1360. The molecule has 0 aliphatic rings. The fraction of sp³-hybridized carbons (Fsp3) is 0.233. The van der Waals surface area contributed by atoms with Gasteiger partial charge in [-0.05, 0) is 83.6 Å². The molecule has 1 atom stereocenters. The molecule has 0 heterocycles. The van der Waals surface area contributed by atoms with Crippen molar-refractivity contribution in [1.82, 2.24) is 5.32 Å². The highest BCUT2D eigenvalue weighted by Gasteiger charge is 2.13. The Balaban J connectivity index is 1.48. The second-order valence-electron chi connectivity index (χ2n) is 8.76. The van der Waals surface area contributed by atoms with Gasteiger partial charge in [0.1, 0.15) is 18.1 Å². The first kappa shape index (κ1) is 24.3. The normalized spacial score (nSPS) is 11.9. The van der Waals surface area contributed by atoms with E-state index in [9.17, 15) is 9.90 Å². The Hall–Kier alpha value is -3.83. The smallest absolute Gasteiger partial charge is 0.335 e. The maximum absolute atomic E-state index is 11.8. The number of methoxy groups -OCH3 is 1. The Labute approximate surface area is 206 Å². The Morgan fingerprint density at radius 1 is 0.971 bits per heavy atom. The van der Waals surface area contributed by atoms with Gasteiger partial charge in [0.25, 0.3) is 0 Å². The van der Waals surface area contributed by atoms with E-state index < -0.39 is 5.97 Å². The van der Waals surface area contributed by atoms with Gasteiger partial charge < -0.3 is 19.9 Å².